The van der Waals surface area contributed by atoms with Crippen molar-refractivity contribution in [3.63, 3.8) is 0 Å². The lowest BCUT2D eigenvalue weighted by atomic mass is 10.0. The van der Waals surface area contributed by atoms with E-state index < -0.39 is 4.92 Å². The topological polar surface area (TPSA) is 85.6 Å². The molecule has 0 radical (unpaired) electrons. The zero-order chi connectivity index (χ0) is 23.0. The molecular weight excluding hydrogens is 418 g/mol. The van der Waals surface area contributed by atoms with Crippen LogP contribution in [0, 0.1) is 10.1 Å². The Balaban J connectivity index is 1.42. The van der Waals surface area contributed by atoms with Gasteiger partial charge in [-0.15, -0.1) is 0 Å². The molecule has 1 atom stereocenters. The van der Waals surface area contributed by atoms with E-state index in [9.17, 15) is 14.9 Å². The molecular formula is C26H27N3O4. The second-order valence-corrected chi connectivity index (χ2v) is 8.24. The SMILES string of the molecule is O=C1CCCCN1C(CCc1ccncc1)COc1ccc(-c2cccc([N+](=O)[O-])c2)cc1. The Kier molecular flexibility index (Phi) is 7.29. The number of nitrogens with zero attached hydrogens (tertiary/aromatic N) is 3. The molecule has 1 unspecified atom stereocenters. The number of piperidine rings is 1. The van der Waals surface area contributed by atoms with Gasteiger partial charge in [0.2, 0.25) is 5.91 Å². The average molecular weight is 446 g/mol. The molecule has 0 N–H and O–H groups in total. The maximum Gasteiger partial charge on any atom is 0.270 e. The molecule has 2 heterocycles. The van der Waals surface area contributed by atoms with Crippen molar-refractivity contribution in [1.82, 2.24) is 9.88 Å². The quantitative estimate of drug-likeness (QED) is 0.340. The minimum Gasteiger partial charge on any atom is -0.491 e. The van der Waals surface area contributed by atoms with E-state index >= 15 is 0 Å². The highest BCUT2D eigenvalue weighted by molar-refractivity contribution is 5.77. The number of carbonyl (C=O) groups excluding carboxylic acids is 1. The van der Waals surface area contributed by atoms with E-state index in [4.69, 9.17) is 4.74 Å². The molecule has 1 fully saturated rings. The number of non-ortho nitro benzene ring substituents is 1. The predicted molar refractivity (Wildman–Crippen MR) is 126 cm³/mol. The molecule has 0 saturated carbocycles. The molecule has 4 rings (SSSR count). The standard InChI is InChI=1S/C26H27N3O4/c30-26-6-1-2-17-28(26)24(10-7-20-13-15-27-16-14-20)19-33-25-11-8-21(9-12-25)22-4-3-5-23(18-22)29(31)32/h3-5,8-9,11-16,18,24H,1-2,6-7,10,17,19H2. The van der Waals surface area contributed by atoms with Gasteiger partial charge in [-0.3, -0.25) is 19.9 Å². The van der Waals surface area contributed by atoms with Crippen molar-refractivity contribution in [2.24, 2.45) is 0 Å². The van der Waals surface area contributed by atoms with Crippen molar-refractivity contribution in [3.05, 3.63) is 88.7 Å². The van der Waals surface area contributed by atoms with Crippen LogP contribution in [0.15, 0.2) is 73.1 Å². The molecule has 1 aliphatic heterocycles. The Morgan fingerprint density at radius 2 is 1.82 bits per heavy atom. The number of aromatic nitrogens is 1. The van der Waals surface area contributed by atoms with Crippen LogP contribution in [0.1, 0.15) is 31.2 Å². The number of ether oxygens (including phenoxy) is 1. The fourth-order valence-electron chi connectivity index (χ4n) is 4.16. The molecule has 0 bridgehead atoms. The van der Waals surface area contributed by atoms with Crippen molar-refractivity contribution in [3.8, 4) is 16.9 Å². The molecule has 7 nitrogen and oxygen atoms in total. The Morgan fingerprint density at radius 3 is 2.55 bits per heavy atom. The summed E-state index contributed by atoms with van der Waals surface area (Å²) >= 11 is 0. The molecule has 0 aliphatic carbocycles. The molecule has 1 saturated heterocycles. The third-order valence-electron chi connectivity index (χ3n) is 6.00. The summed E-state index contributed by atoms with van der Waals surface area (Å²) in [5.74, 6) is 0.910. The highest BCUT2D eigenvalue weighted by atomic mass is 16.6. The van der Waals surface area contributed by atoms with Crippen LogP contribution >= 0.6 is 0 Å². The molecule has 1 amide bonds. The number of hydrogen-bond acceptors (Lipinski definition) is 5. The van der Waals surface area contributed by atoms with Crippen LogP contribution < -0.4 is 4.74 Å². The zero-order valence-electron chi connectivity index (χ0n) is 18.4. The summed E-state index contributed by atoms with van der Waals surface area (Å²) in [5.41, 5.74) is 2.92. The Bertz CT molecular complexity index is 1090. The highest BCUT2D eigenvalue weighted by Gasteiger charge is 2.26. The Hall–Kier alpha value is -3.74. The molecule has 2 aromatic carbocycles. The molecule has 0 spiro atoms. The normalized spacial score (nSPS) is 14.7. The van der Waals surface area contributed by atoms with Crippen LogP contribution in [-0.2, 0) is 11.2 Å². The van der Waals surface area contributed by atoms with Crippen molar-refractivity contribution in [2.75, 3.05) is 13.2 Å². The van der Waals surface area contributed by atoms with E-state index in [0.717, 1.165) is 43.4 Å². The van der Waals surface area contributed by atoms with E-state index in [2.05, 4.69) is 4.98 Å². The number of rotatable bonds is 9. The first-order valence-corrected chi connectivity index (χ1v) is 11.3. The number of nitro benzene ring substituents is 1. The molecule has 33 heavy (non-hydrogen) atoms. The second-order valence-electron chi connectivity index (χ2n) is 8.24. The number of pyridine rings is 1. The number of hydrogen-bond donors (Lipinski definition) is 0. The summed E-state index contributed by atoms with van der Waals surface area (Å²) in [6.45, 7) is 1.20. The van der Waals surface area contributed by atoms with E-state index in [0.29, 0.717) is 18.8 Å². The Morgan fingerprint density at radius 1 is 1.03 bits per heavy atom. The Labute approximate surface area is 193 Å². The summed E-state index contributed by atoms with van der Waals surface area (Å²) in [6, 6.07) is 18.1. The fraction of sp³-hybridized carbons (Fsp3) is 0.308. The molecule has 1 aliphatic rings. The number of nitro groups is 1. The van der Waals surface area contributed by atoms with Crippen molar-refractivity contribution >= 4 is 11.6 Å². The minimum atomic E-state index is -0.394. The van der Waals surface area contributed by atoms with Gasteiger partial charge in [-0.25, -0.2) is 0 Å². The van der Waals surface area contributed by atoms with Gasteiger partial charge < -0.3 is 9.64 Å². The van der Waals surface area contributed by atoms with Gasteiger partial charge in [-0.05, 0) is 66.6 Å². The summed E-state index contributed by atoms with van der Waals surface area (Å²) in [7, 11) is 0. The predicted octanol–water partition coefficient (Wildman–Crippen LogP) is 5.05. The third-order valence-corrected chi connectivity index (χ3v) is 6.00. The summed E-state index contributed by atoms with van der Waals surface area (Å²) in [4.78, 5) is 29.2. The van der Waals surface area contributed by atoms with Crippen LogP contribution in [0.3, 0.4) is 0 Å². The first-order valence-electron chi connectivity index (χ1n) is 11.3. The summed E-state index contributed by atoms with van der Waals surface area (Å²) < 4.78 is 6.10. The van der Waals surface area contributed by atoms with Gasteiger partial charge in [0.15, 0.2) is 0 Å². The number of aryl methyl sites for hydroxylation is 1. The minimum absolute atomic E-state index is 0.00224. The first-order chi connectivity index (χ1) is 16.1. The molecule has 1 aromatic heterocycles. The van der Waals surface area contributed by atoms with Gasteiger partial charge in [-0.1, -0.05) is 24.3 Å². The number of carbonyl (C=O) groups is 1. The van der Waals surface area contributed by atoms with Gasteiger partial charge in [0.1, 0.15) is 12.4 Å². The van der Waals surface area contributed by atoms with E-state index in [-0.39, 0.29) is 17.6 Å². The summed E-state index contributed by atoms with van der Waals surface area (Å²) in [5, 5.41) is 11.0. The van der Waals surface area contributed by atoms with E-state index in [1.54, 1.807) is 24.5 Å². The third kappa shape index (κ3) is 5.94. The van der Waals surface area contributed by atoms with E-state index in [1.807, 2.05) is 47.4 Å². The maximum atomic E-state index is 12.5. The number of likely N-dealkylation sites (tertiary alicyclic amines) is 1. The van der Waals surface area contributed by atoms with Gasteiger partial charge in [0, 0.05) is 37.5 Å². The van der Waals surface area contributed by atoms with Gasteiger partial charge in [-0.2, -0.15) is 0 Å². The van der Waals surface area contributed by atoms with Crippen LogP contribution in [0.5, 0.6) is 5.75 Å². The fourth-order valence-corrected chi connectivity index (χ4v) is 4.16. The van der Waals surface area contributed by atoms with Crippen LogP contribution in [0.2, 0.25) is 0 Å². The number of benzene rings is 2. The van der Waals surface area contributed by atoms with Gasteiger partial charge >= 0.3 is 0 Å². The monoisotopic (exact) mass is 445 g/mol. The highest BCUT2D eigenvalue weighted by Crippen LogP contribution is 2.26. The maximum absolute atomic E-state index is 12.5. The van der Waals surface area contributed by atoms with Gasteiger partial charge in [0.25, 0.3) is 5.69 Å². The van der Waals surface area contributed by atoms with Crippen LogP contribution in [-0.4, -0.2) is 39.9 Å². The lowest BCUT2D eigenvalue weighted by Crippen LogP contribution is -2.46. The largest absolute Gasteiger partial charge is 0.491 e. The molecule has 7 heteroatoms. The second kappa shape index (κ2) is 10.7. The molecule has 170 valence electrons. The smallest absolute Gasteiger partial charge is 0.270 e. The zero-order valence-corrected chi connectivity index (χ0v) is 18.4. The summed E-state index contributed by atoms with van der Waals surface area (Å²) in [6.07, 6.45) is 7.82. The lowest BCUT2D eigenvalue weighted by Gasteiger charge is -2.34. The van der Waals surface area contributed by atoms with E-state index in [1.165, 1.54) is 11.6 Å². The number of amides is 1. The van der Waals surface area contributed by atoms with Crippen LogP contribution in [0.4, 0.5) is 5.69 Å². The average Bonchev–Trinajstić information content (AvgIpc) is 2.86. The van der Waals surface area contributed by atoms with Crippen molar-refractivity contribution in [2.45, 2.75) is 38.1 Å². The first kappa shape index (κ1) is 22.5. The van der Waals surface area contributed by atoms with Crippen molar-refractivity contribution < 1.29 is 14.5 Å². The van der Waals surface area contributed by atoms with Crippen molar-refractivity contribution in [1.29, 1.82) is 0 Å². The van der Waals surface area contributed by atoms with Gasteiger partial charge in [0.05, 0.1) is 11.0 Å². The lowest BCUT2D eigenvalue weighted by molar-refractivity contribution is -0.384. The van der Waals surface area contributed by atoms with Crippen LogP contribution in [0.25, 0.3) is 11.1 Å². The molecule has 3 aromatic rings.